The van der Waals surface area contributed by atoms with Crippen molar-refractivity contribution in [2.24, 2.45) is 0 Å². The van der Waals surface area contributed by atoms with Crippen LogP contribution in [-0.4, -0.2) is 36.0 Å². The molecule has 1 aliphatic heterocycles. The maximum Gasteiger partial charge on any atom is 0.329 e. The summed E-state index contributed by atoms with van der Waals surface area (Å²) < 4.78 is 11.3. The molecule has 0 amide bonds. The number of carboxylic acid groups (broad SMARTS) is 1. The minimum Gasteiger partial charge on any atom is -0.480 e. The Morgan fingerprint density at radius 3 is 2.81 bits per heavy atom. The third-order valence-corrected chi connectivity index (χ3v) is 3.66. The van der Waals surface area contributed by atoms with E-state index in [0.717, 1.165) is 25.7 Å². The van der Waals surface area contributed by atoms with Crippen LogP contribution in [0.4, 0.5) is 0 Å². The molecule has 2 fully saturated rings. The molecule has 1 spiro atoms. The largest absolute Gasteiger partial charge is 0.480 e. The molecule has 16 heavy (non-hydrogen) atoms. The summed E-state index contributed by atoms with van der Waals surface area (Å²) in [7, 11) is 0. The molecule has 1 aliphatic carbocycles. The number of carboxylic acids is 1. The van der Waals surface area contributed by atoms with Gasteiger partial charge in [-0.15, -0.1) is 0 Å². The van der Waals surface area contributed by atoms with Crippen molar-refractivity contribution >= 4 is 5.97 Å². The van der Waals surface area contributed by atoms with Crippen LogP contribution in [0.3, 0.4) is 0 Å². The summed E-state index contributed by atoms with van der Waals surface area (Å²) in [6.07, 6.45) is 7.75. The zero-order chi connectivity index (χ0) is 11.4. The molecule has 92 valence electrons. The lowest BCUT2D eigenvalue weighted by atomic mass is 9.79. The Labute approximate surface area is 95.9 Å². The number of hydrogen-bond acceptors (Lipinski definition) is 3. The van der Waals surface area contributed by atoms with E-state index in [-0.39, 0.29) is 18.3 Å². The van der Waals surface area contributed by atoms with Crippen LogP contribution in [0.15, 0.2) is 0 Å². The number of rotatable bonds is 3. The molecular weight excluding hydrogens is 208 g/mol. The van der Waals surface area contributed by atoms with Crippen molar-refractivity contribution < 1.29 is 19.4 Å². The molecule has 2 aliphatic rings. The Morgan fingerprint density at radius 1 is 1.38 bits per heavy atom. The highest BCUT2D eigenvalue weighted by atomic mass is 16.5. The molecule has 1 atom stereocenters. The first kappa shape index (κ1) is 11.9. The topological polar surface area (TPSA) is 55.8 Å². The Morgan fingerprint density at radius 2 is 2.12 bits per heavy atom. The predicted octanol–water partition coefficient (Wildman–Crippen LogP) is 1.97. The van der Waals surface area contributed by atoms with Gasteiger partial charge in [-0.25, -0.2) is 4.79 Å². The lowest BCUT2D eigenvalue weighted by molar-refractivity contribution is -0.162. The molecule has 1 unspecified atom stereocenters. The van der Waals surface area contributed by atoms with Gasteiger partial charge in [0.05, 0.1) is 11.7 Å². The van der Waals surface area contributed by atoms with Crippen LogP contribution in [0.2, 0.25) is 0 Å². The van der Waals surface area contributed by atoms with E-state index < -0.39 is 5.97 Å². The zero-order valence-electron chi connectivity index (χ0n) is 9.61. The Balaban J connectivity index is 1.85. The summed E-state index contributed by atoms with van der Waals surface area (Å²) in [5, 5.41) is 8.59. The van der Waals surface area contributed by atoms with E-state index in [1.807, 2.05) is 0 Å². The minimum absolute atomic E-state index is 0.000327. The Kier molecular flexibility index (Phi) is 3.82. The lowest BCUT2D eigenvalue weighted by Gasteiger charge is -2.43. The average Bonchev–Trinajstić information content (AvgIpc) is 2.28. The number of carbonyl (C=O) groups is 1. The van der Waals surface area contributed by atoms with Gasteiger partial charge in [-0.2, -0.15) is 0 Å². The van der Waals surface area contributed by atoms with E-state index in [2.05, 4.69) is 0 Å². The van der Waals surface area contributed by atoms with E-state index in [0.29, 0.717) is 6.61 Å². The maximum absolute atomic E-state index is 10.5. The molecule has 1 N–H and O–H groups in total. The first-order valence-corrected chi connectivity index (χ1v) is 6.18. The van der Waals surface area contributed by atoms with Crippen LogP contribution in [0, 0.1) is 0 Å². The van der Waals surface area contributed by atoms with Crippen molar-refractivity contribution in [3.05, 3.63) is 0 Å². The predicted molar refractivity (Wildman–Crippen MR) is 58.4 cm³/mol. The highest BCUT2D eigenvalue weighted by Gasteiger charge is 2.38. The molecule has 0 aromatic carbocycles. The summed E-state index contributed by atoms with van der Waals surface area (Å²) in [4.78, 5) is 10.5. The van der Waals surface area contributed by atoms with Gasteiger partial charge >= 0.3 is 5.97 Å². The zero-order valence-corrected chi connectivity index (χ0v) is 9.61. The molecule has 2 rings (SSSR count). The van der Waals surface area contributed by atoms with Crippen molar-refractivity contribution in [3.63, 3.8) is 0 Å². The Hall–Kier alpha value is -0.610. The van der Waals surface area contributed by atoms with E-state index >= 15 is 0 Å². The molecule has 0 radical (unpaired) electrons. The molecule has 4 heteroatoms. The van der Waals surface area contributed by atoms with Crippen LogP contribution < -0.4 is 0 Å². The van der Waals surface area contributed by atoms with Gasteiger partial charge in [-0.05, 0) is 19.3 Å². The second-order valence-electron chi connectivity index (χ2n) is 4.91. The SMILES string of the molecule is O=C(O)COC1CCOC2(CCCCC2)C1. The van der Waals surface area contributed by atoms with Crippen molar-refractivity contribution in [1.82, 2.24) is 0 Å². The van der Waals surface area contributed by atoms with Gasteiger partial charge in [-0.1, -0.05) is 19.3 Å². The summed E-state index contributed by atoms with van der Waals surface area (Å²) in [5.74, 6) is -0.885. The van der Waals surface area contributed by atoms with Gasteiger partial charge in [0.1, 0.15) is 6.61 Å². The molecular formula is C12H20O4. The number of hydrogen-bond donors (Lipinski definition) is 1. The van der Waals surface area contributed by atoms with Crippen molar-refractivity contribution in [3.8, 4) is 0 Å². The lowest BCUT2D eigenvalue weighted by Crippen LogP contribution is -2.44. The molecule has 1 saturated heterocycles. The summed E-state index contributed by atoms with van der Waals surface area (Å²) >= 11 is 0. The van der Waals surface area contributed by atoms with Crippen LogP contribution in [0.25, 0.3) is 0 Å². The number of aliphatic carboxylic acids is 1. The van der Waals surface area contributed by atoms with Gasteiger partial charge in [0.15, 0.2) is 0 Å². The second-order valence-corrected chi connectivity index (χ2v) is 4.91. The molecule has 4 nitrogen and oxygen atoms in total. The smallest absolute Gasteiger partial charge is 0.329 e. The fourth-order valence-corrected chi connectivity index (χ4v) is 2.86. The first-order valence-electron chi connectivity index (χ1n) is 6.18. The highest BCUT2D eigenvalue weighted by Crippen LogP contribution is 2.39. The van der Waals surface area contributed by atoms with Crippen LogP contribution in [0.5, 0.6) is 0 Å². The molecule has 0 aromatic heterocycles. The quantitative estimate of drug-likeness (QED) is 0.802. The normalized spacial score (nSPS) is 29.1. The first-order chi connectivity index (χ1) is 7.70. The van der Waals surface area contributed by atoms with Gasteiger partial charge in [-0.3, -0.25) is 0 Å². The third-order valence-electron chi connectivity index (χ3n) is 3.66. The van der Waals surface area contributed by atoms with Gasteiger partial charge < -0.3 is 14.6 Å². The van der Waals surface area contributed by atoms with Gasteiger partial charge in [0, 0.05) is 13.0 Å². The third kappa shape index (κ3) is 2.95. The van der Waals surface area contributed by atoms with E-state index in [9.17, 15) is 4.79 Å². The molecule has 1 heterocycles. The van der Waals surface area contributed by atoms with Gasteiger partial charge in [0.2, 0.25) is 0 Å². The molecule has 1 saturated carbocycles. The molecule has 0 aromatic rings. The van der Waals surface area contributed by atoms with E-state index in [1.54, 1.807) is 0 Å². The standard InChI is InChI=1S/C12H20O4/c13-11(14)9-15-10-4-7-16-12(8-10)5-2-1-3-6-12/h10H,1-9H2,(H,13,14). The average molecular weight is 228 g/mol. The Bertz CT molecular complexity index is 240. The van der Waals surface area contributed by atoms with Crippen molar-refractivity contribution in [1.29, 1.82) is 0 Å². The minimum atomic E-state index is -0.885. The second kappa shape index (κ2) is 5.15. The van der Waals surface area contributed by atoms with E-state index in [1.165, 1.54) is 19.3 Å². The van der Waals surface area contributed by atoms with Crippen molar-refractivity contribution in [2.75, 3.05) is 13.2 Å². The summed E-state index contributed by atoms with van der Waals surface area (Å²) in [6.45, 7) is 0.533. The fraction of sp³-hybridized carbons (Fsp3) is 0.917. The van der Waals surface area contributed by atoms with Gasteiger partial charge in [0.25, 0.3) is 0 Å². The molecule has 0 bridgehead atoms. The summed E-state index contributed by atoms with van der Waals surface area (Å²) in [5.41, 5.74) is -0.000327. The maximum atomic E-state index is 10.5. The summed E-state index contributed by atoms with van der Waals surface area (Å²) in [6, 6.07) is 0. The number of ether oxygens (including phenoxy) is 2. The highest BCUT2D eigenvalue weighted by molar-refractivity contribution is 5.68. The fourth-order valence-electron chi connectivity index (χ4n) is 2.86. The van der Waals surface area contributed by atoms with Crippen LogP contribution in [0.1, 0.15) is 44.9 Å². The van der Waals surface area contributed by atoms with Crippen molar-refractivity contribution in [2.45, 2.75) is 56.7 Å². The van der Waals surface area contributed by atoms with Crippen LogP contribution in [-0.2, 0) is 14.3 Å². The van der Waals surface area contributed by atoms with E-state index in [4.69, 9.17) is 14.6 Å². The van der Waals surface area contributed by atoms with Crippen LogP contribution >= 0.6 is 0 Å². The monoisotopic (exact) mass is 228 g/mol.